The number of ether oxygens (including phenoxy) is 1. The molecule has 0 bridgehead atoms. The molecule has 0 saturated carbocycles. The molecule has 418 valence electrons. The number of allylic oxidation sites excluding steroid dienone is 6. The molecule has 0 spiro atoms. The number of unbranched alkanes of at least 4 members (excludes halogenated alkanes) is 42. The fourth-order valence-corrected chi connectivity index (χ4v) is 9.78. The third-order valence-electron chi connectivity index (χ3n) is 14.7. The summed E-state index contributed by atoms with van der Waals surface area (Å²) in [6.07, 6.45) is 75.8. The lowest BCUT2D eigenvalue weighted by molar-refractivity contribution is -0.143. The third-order valence-corrected chi connectivity index (χ3v) is 14.7. The third kappa shape index (κ3) is 57.2. The largest absolute Gasteiger partial charge is 0.466 e. The summed E-state index contributed by atoms with van der Waals surface area (Å²) in [6, 6.07) is -0.548. The van der Waals surface area contributed by atoms with Crippen molar-refractivity contribution < 1.29 is 24.5 Å². The molecule has 0 aliphatic heterocycles. The van der Waals surface area contributed by atoms with Crippen LogP contribution in [-0.4, -0.2) is 47.4 Å². The summed E-state index contributed by atoms with van der Waals surface area (Å²) in [6.45, 7) is 4.94. The van der Waals surface area contributed by atoms with Crippen molar-refractivity contribution in [1.82, 2.24) is 5.32 Å². The molecule has 0 fully saturated rings. The van der Waals surface area contributed by atoms with Crippen molar-refractivity contribution in [2.24, 2.45) is 0 Å². The Kier molecular flexibility index (Phi) is 59.0. The summed E-state index contributed by atoms with van der Waals surface area (Å²) in [5, 5.41) is 23.3. The molecule has 2 atom stereocenters. The Bertz CT molecular complexity index is 1150. The van der Waals surface area contributed by atoms with Gasteiger partial charge in [0, 0.05) is 12.8 Å². The number of carbonyl (C=O) groups excluding carboxylic acids is 2. The monoisotopic (exact) mass is 998 g/mol. The molecule has 0 aromatic rings. The molecule has 3 N–H and O–H groups in total. The number of hydrogen-bond acceptors (Lipinski definition) is 5. The zero-order chi connectivity index (χ0) is 51.4. The van der Waals surface area contributed by atoms with E-state index in [1.54, 1.807) is 0 Å². The molecular formula is C65H123NO5. The van der Waals surface area contributed by atoms with E-state index in [-0.39, 0.29) is 18.5 Å². The number of aliphatic hydroxyl groups excluding tert-OH is 2. The predicted molar refractivity (Wildman–Crippen MR) is 310 cm³/mol. The van der Waals surface area contributed by atoms with Gasteiger partial charge in [0.1, 0.15) is 0 Å². The minimum Gasteiger partial charge on any atom is -0.466 e. The quantitative estimate of drug-likeness (QED) is 0.0321. The number of nitrogens with one attached hydrogen (secondary N) is 1. The number of esters is 1. The van der Waals surface area contributed by atoms with Gasteiger partial charge < -0.3 is 20.3 Å². The molecule has 0 aromatic carbocycles. The lowest BCUT2D eigenvalue weighted by atomic mass is 10.0. The lowest BCUT2D eigenvalue weighted by Gasteiger charge is -2.22. The minimum atomic E-state index is -0.670. The van der Waals surface area contributed by atoms with Crippen LogP contribution < -0.4 is 5.32 Å². The second kappa shape index (κ2) is 60.6. The molecule has 0 aliphatic carbocycles. The van der Waals surface area contributed by atoms with Gasteiger partial charge in [-0.1, -0.05) is 281 Å². The van der Waals surface area contributed by atoms with E-state index in [0.717, 1.165) is 51.4 Å². The summed E-state index contributed by atoms with van der Waals surface area (Å²) in [5.41, 5.74) is 0. The van der Waals surface area contributed by atoms with Crippen molar-refractivity contribution in [3.63, 3.8) is 0 Å². The Morgan fingerprint density at radius 1 is 0.394 bits per heavy atom. The second-order valence-corrected chi connectivity index (χ2v) is 21.7. The standard InChI is InChI=1S/C65H123NO5/c1-3-5-7-9-11-13-15-17-19-26-29-33-37-41-45-49-53-57-63(68)62(61-67)66-64(69)58-54-50-46-42-38-34-30-27-24-22-21-23-25-28-32-36-40-44-48-52-56-60-71-65(70)59-55-51-47-43-39-35-31-20-18-16-14-12-10-8-6-4-2/h14,16,20,22,24,31,62-63,67-68H,3-13,15,17-19,21,23,25-30,32-61H2,1-2H3,(H,66,69)/b16-14-,24-22-,31-20-. The van der Waals surface area contributed by atoms with Crippen molar-refractivity contribution in [2.75, 3.05) is 13.2 Å². The van der Waals surface area contributed by atoms with Gasteiger partial charge in [0.05, 0.1) is 25.4 Å². The Labute approximate surface area is 443 Å². The summed E-state index contributed by atoms with van der Waals surface area (Å²) in [5.74, 6) is -0.0460. The van der Waals surface area contributed by atoms with Crippen molar-refractivity contribution >= 4 is 11.9 Å². The van der Waals surface area contributed by atoms with Gasteiger partial charge in [-0.2, -0.15) is 0 Å². The van der Waals surface area contributed by atoms with Crippen molar-refractivity contribution in [3.8, 4) is 0 Å². The Hall–Kier alpha value is -1.92. The van der Waals surface area contributed by atoms with Gasteiger partial charge in [0.15, 0.2) is 0 Å². The van der Waals surface area contributed by atoms with Crippen LogP contribution in [0.15, 0.2) is 36.5 Å². The molecule has 0 rings (SSSR count). The van der Waals surface area contributed by atoms with Gasteiger partial charge >= 0.3 is 5.97 Å². The molecular weight excluding hydrogens is 875 g/mol. The van der Waals surface area contributed by atoms with E-state index in [9.17, 15) is 19.8 Å². The maximum atomic E-state index is 12.5. The summed E-state index contributed by atoms with van der Waals surface area (Å²) < 4.78 is 5.48. The molecule has 0 aliphatic rings. The highest BCUT2D eigenvalue weighted by Gasteiger charge is 2.20. The molecule has 2 unspecified atom stereocenters. The predicted octanol–water partition coefficient (Wildman–Crippen LogP) is 20.0. The van der Waals surface area contributed by atoms with E-state index < -0.39 is 12.1 Å². The smallest absolute Gasteiger partial charge is 0.305 e. The highest BCUT2D eigenvalue weighted by Crippen LogP contribution is 2.17. The molecule has 6 heteroatoms. The van der Waals surface area contributed by atoms with Crippen LogP contribution in [0.2, 0.25) is 0 Å². The minimum absolute atomic E-state index is 0.00501. The van der Waals surface area contributed by atoms with E-state index in [0.29, 0.717) is 25.9 Å². The highest BCUT2D eigenvalue weighted by molar-refractivity contribution is 5.76. The zero-order valence-electron chi connectivity index (χ0n) is 47.7. The van der Waals surface area contributed by atoms with Gasteiger partial charge in [0.2, 0.25) is 5.91 Å². The fourth-order valence-electron chi connectivity index (χ4n) is 9.78. The number of rotatable bonds is 59. The fraction of sp³-hybridized carbons (Fsp3) is 0.877. The lowest BCUT2D eigenvalue weighted by Crippen LogP contribution is -2.45. The number of amides is 1. The van der Waals surface area contributed by atoms with E-state index >= 15 is 0 Å². The maximum absolute atomic E-state index is 12.5. The summed E-state index contributed by atoms with van der Waals surface area (Å²) >= 11 is 0. The van der Waals surface area contributed by atoms with Crippen LogP contribution in [0.1, 0.15) is 341 Å². The van der Waals surface area contributed by atoms with Crippen LogP contribution >= 0.6 is 0 Å². The van der Waals surface area contributed by atoms with Gasteiger partial charge in [-0.3, -0.25) is 9.59 Å². The molecule has 6 nitrogen and oxygen atoms in total. The van der Waals surface area contributed by atoms with E-state index in [1.807, 2.05) is 0 Å². The maximum Gasteiger partial charge on any atom is 0.305 e. The number of aliphatic hydroxyl groups is 2. The Morgan fingerprint density at radius 3 is 1.10 bits per heavy atom. The van der Waals surface area contributed by atoms with Crippen LogP contribution in [0.25, 0.3) is 0 Å². The van der Waals surface area contributed by atoms with E-state index in [2.05, 4.69) is 55.6 Å². The first-order valence-corrected chi connectivity index (χ1v) is 31.7. The molecule has 0 radical (unpaired) electrons. The normalized spacial score (nSPS) is 12.8. The van der Waals surface area contributed by atoms with Crippen LogP contribution in [0.5, 0.6) is 0 Å². The van der Waals surface area contributed by atoms with Gasteiger partial charge in [0.25, 0.3) is 0 Å². The second-order valence-electron chi connectivity index (χ2n) is 21.7. The van der Waals surface area contributed by atoms with Gasteiger partial charge in [-0.05, 0) is 83.5 Å². The summed E-state index contributed by atoms with van der Waals surface area (Å²) in [4.78, 5) is 24.6. The number of carbonyl (C=O) groups is 2. The van der Waals surface area contributed by atoms with Gasteiger partial charge in [-0.25, -0.2) is 0 Å². The van der Waals surface area contributed by atoms with Crippen molar-refractivity contribution in [3.05, 3.63) is 36.5 Å². The SMILES string of the molecule is CCCCCC/C=C\C/C=C\CCCCCCCC(=O)OCCCCCCCCCCCC/C=C\CCCCCCCCCC(=O)NC(CO)C(O)CCCCCCCCCCCCCCCCCCC. The summed E-state index contributed by atoms with van der Waals surface area (Å²) in [7, 11) is 0. The van der Waals surface area contributed by atoms with Crippen LogP contribution in [0, 0.1) is 0 Å². The molecule has 0 aromatic heterocycles. The zero-order valence-corrected chi connectivity index (χ0v) is 47.7. The van der Waals surface area contributed by atoms with E-state index in [4.69, 9.17) is 4.74 Å². The van der Waals surface area contributed by atoms with E-state index in [1.165, 1.54) is 257 Å². The number of hydrogen-bond donors (Lipinski definition) is 3. The molecule has 0 saturated heterocycles. The Morgan fingerprint density at radius 2 is 0.704 bits per heavy atom. The first kappa shape index (κ1) is 69.1. The van der Waals surface area contributed by atoms with Crippen LogP contribution in [0.3, 0.4) is 0 Å². The van der Waals surface area contributed by atoms with Crippen LogP contribution in [0.4, 0.5) is 0 Å². The average Bonchev–Trinajstić information content (AvgIpc) is 3.37. The Balaban J connectivity index is 3.43. The van der Waals surface area contributed by atoms with Gasteiger partial charge in [-0.15, -0.1) is 0 Å². The molecule has 71 heavy (non-hydrogen) atoms. The highest BCUT2D eigenvalue weighted by atomic mass is 16.5. The molecule has 1 amide bonds. The first-order valence-electron chi connectivity index (χ1n) is 31.7. The average molecular weight is 999 g/mol. The van der Waals surface area contributed by atoms with Crippen molar-refractivity contribution in [1.29, 1.82) is 0 Å². The first-order chi connectivity index (χ1) is 35.0. The van der Waals surface area contributed by atoms with Crippen molar-refractivity contribution in [2.45, 2.75) is 353 Å². The molecule has 0 heterocycles. The topological polar surface area (TPSA) is 95.9 Å². The van der Waals surface area contributed by atoms with Crippen LogP contribution in [-0.2, 0) is 14.3 Å².